The zero-order chi connectivity index (χ0) is 27.5. The second-order valence-corrected chi connectivity index (χ2v) is 8.97. The van der Waals surface area contributed by atoms with Crippen LogP contribution in [0.4, 0.5) is 0 Å². The van der Waals surface area contributed by atoms with Gasteiger partial charge in [-0.05, 0) is 41.0 Å². The summed E-state index contributed by atoms with van der Waals surface area (Å²) in [6, 6.07) is 21.8. The molecule has 1 saturated heterocycles. The fourth-order valence-corrected chi connectivity index (χ4v) is 4.27. The van der Waals surface area contributed by atoms with E-state index in [9.17, 15) is 5.26 Å². The molecule has 0 unspecified atom stereocenters. The molecule has 0 amide bonds. The van der Waals surface area contributed by atoms with Crippen molar-refractivity contribution in [3.05, 3.63) is 89.1 Å². The van der Waals surface area contributed by atoms with Crippen molar-refractivity contribution < 1.29 is 28.4 Å². The molecular formula is C31H34N2O6. The summed E-state index contributed by atoms with van der Waals surface area (Å²) >= 11 is 0. The molecule has 1 fully saturated rings. The third-order valence-electron chi connectivity index (χ3n) is 6.29. The van der Waals surface area contributed by atoms with Gasteiger partial charge in [0.25, 0.3) is 0 Å². The number of methoxy groups -OCH3 is 3. The number of morpholine rings is 1. The van der Waals surface area contributed by atoms with Crippen LogP contribution in [0, 0.1) is 11.3 Å². The van der Waals surface area contributed by atoms with E-state index in [2.05, 4.69) is 11.0 Å². The second-order valence-electron chi connectivity index (χ2n) is 8.97. The van der Waals surface area contributed by atoms with E-state index in [0.717, 1.165) is 29.8 Å². The number of rotatable bonds is 12. The van der Waals surface area contributed by atoms with Gasteiger partial charge in [0.05, 0.1) is 40.6 Å². The molecule has 1 aliphatic rings. The van der Waals surface area contributed by atoms with Gasteiger partial charge >= 0.3 is 0 Å². The monoisotopic (exact) mass is 530 g/mol. The van der Waals surface area contributed by atoms with Crippen molar-refractivity contribution in [2.75, 3.05) is 47.6 Å². The van der Waals surface area contributed by atoms with Crippen LogP contribution in [-0.2, 0) is 24.4 Å². The molecule has 0 spiro atoms. The van der Waals surface area contributed by atoms with Gasteiger partial charge in [0.15, 0.2) is 23.0 Å². The summed E-state index contributed by atoms with van der Waals surface area (Å²) in [5.74, 6) is 2.83. The Morgan fingerprint density at radius 3 is 2.08 bits per heavy atom. The van der Waals surface area contributed by atoms with Crippen molar-refractivity contribution >= 4 is 0 Å². The van der Waals surface area contributed by atoms with Crippen molar-refractivity contribution in [1.82, 2.24) is 4.90 Å². The highest BCUT2D eigenvalue weighted by Gasteiger charge is 2.15. The van der Waals surface area contributed by atoms with Crippen molar-refractivity contribution in [2.45, 2.75) is 19.6 Å². The lowest BCUT2D eigenvalue weighted by Gasteiger charge is -2.25. The van der Waals surface area contributed by atoms with E-state index in [-0.39, 0.29) is 6.61 Å². The van der Waals surface area contributed by atoms with Gasteiger partial charge in [-0.1, -0.05) is 36.4 Å². The highest BCUT2D eigenvalue weighted by Crippen LogP contribution is 2.39. The maximum atomic E-state index is 9.78. The van der Waals surface area contributed by atoms with E-state index in [1.807, 2.05) is 66.9 Å². The maximum absolute atomic E-state index is 9.78. The van der Waals surface area contributed by atoms with Crippen LogP contribution < -0.4 is 23.7 Å². The fourth-order valence-electron chi connectivity index (χ4n) is 4.27. The molecule has 0 radical (unpaired) electrons. The standard InChI is InChI=1S/C31H34N2O6/c1-34-29-17-25(18-30(35-2)31(29)36-3)22-39-28-16-24(15-26(19-32)20-33-11-13-37-14-12-33)9-10-27(28)38-21-23-7-5-4-6-8-23/h4-10,16-18,20H,11-15,21-22H2,1-3H3/b26-20-. The van der Waals surface area contributed by atoms with Crippen molar-refractivity contribution in [3.63, 3.8) is 0 Å². The van der Waals surface area contributed by atoms with E-state index in [4.69, 9.17) is 28.4 Å². The summed E-state index contributed by atoms with van der Waals surface area (Å²) in [6.45, 7) is 3.54. The molecule has 4 rings (SSSR count). The first-order valence-electron chi connectivity index (χ1n) is 12.8. The highest BCUT2D eigenvalue weighted by molar-refractivity contribution is 5.54. The Hall–Kier alpha value is -4.35. The molecule has 0 N–H and O–H groups in total. The normalized spacial score (nSPS) is 13.4. The van der Waals surface area contributed by atoms with E-state index >= 15 is 0 Å². The molecule has 0 saturated carbocycles. The van der Waals surface area contributed by atoms with Crippen LogP contribution in [0.15, 0.2) is 72.4 Å². The van der Waals surface area contributed by atoms with E-state index < -0.39 is 0 Å². The molecule has 1 aliphatic heterocycles. The molecule has 0 atom stereocenters. The quantitative estimate of drug-likeness (QED) is 0.297. The Morgan fingerprint density at radius 1 is 0.795 bits per heavy atom. The molecule has 8 nitrogen and oxygen atoms in total. The summed E-state index contributed by atoms with van der Waals surface area (Å²) in [4.78, 5) is 2.13. The summed E-state index contributed by atoms with van der Waals surface area (Å²) in [5.41, 5.74) is 3.51. The highest BCUT2D eigenvalue weighted by atomic mass is 16.5. The molecule has 39 heavy (non-hydrogen) atoms. The summed E-state index contributed by atoms with van der Waals surface area (Å²) in [7, 11) is 4.73. The zero-order valence-electron chi connectivity index (χ0n) is 22.6. The van der Waals surface area contributed by atoms with Gasteiger partial charge in [-0.3, -0.25) is 0 Å². The first-order valence-corrected chi connectivity index (χ1v) is 12.8. The third-order valence-corrected chi connectivity index (χ3v) is 6.29. The summed E-state index contributed by atoms with van der Waals surface area (Å²) in [5, 5.41) is 9.78. The lowest BCUT2D eigenvalue weighted by atomic mass is 10.1. The number of benzene rings is 3. The van der Waals surface area contributed by atoms with Gasteiger partial charge in [-0.25, -0.2) is 0 Å². The van der Waals surface area contributed by atoms with Crippen molar-refractivity contribution in [3.8, 4) is 34.8 Å². The van der Waals surface area contributed by atoms with E-state index in [1.54, 1.807) is 21.3 Å². The Bertz CT molecular complexity index is 1270. The van der Waals surface area contributed by atoms with Gasteiger partial charge in [-0.15, -0.1) is 0 Å². The SMILES string of the molecule is COc1cc(COc2cc(C/C(C#N)=C/N3CCOCC3)ccc2OCc2ccccc2)cc(OC)c1OC. The van der Waals surface area contributed by atoms with Gasteiger partial charge in [-0.2, -0.15) is 5.26 Å². The molecule has 204 valence electrons. The minimum atomic E-state index is 0.247. The number of nitriles is 1. The fraction of sp³-hybridized carbons (Fsp3) is 0.323. The maximum Gasteiger partial charge on any atom is 0.203 e. The summed E-state index contributed by atoms with van der Waals surface area (Å²) in [6.07, 6.45) is 2.41. The van der Waals surface area contributed by atoms with Gasteiger partial charge in [0, 0.05) is 31.3 Å². The molecule has 8 heteroatoms. The smallest absolute Gasteiger partial charge is 0.203 e. The van der Waals surface area contributed by atoms with Crippen LogP contribution in [0.5, 0.6) is 28.7 Å². The number of ether oxygens (including phenoxy) is 6. The lowest BCUT2D eigenvalue weighted by molar-refractivity contribution is 0.0591. The number of nitrogens with zero attached hydrogens (tertiary/aromatic N) is 2. The second kappa shape index (κ2) is 14.0. The van der Waals surface area contributed by atoms with Crippen LogP contribution in [0.2, 0.25) is 0 Å². The van der Waals surface area contributed by atoms with Crippen molar-refractivity contribution in [2.24, 2.45) is 0 Å². The third kappa shape index (κ3) is 7.59. The Balaban J connectivity index is 1.57. The van der Waals surface area contributed by atoms with Crippen LogP contribution in [0.3, 0.4) is 0 Å². The Morgan fingerprint density at radius 2 is 1.44 bits per heavy atom. The predicted octanol–water partition coefficient (Wildman–Crippen LogP) is 5.15. The molecule has 3 aromatic carbocycles. The minimum Gasteiger partial charge on any atom is -0.493 e. The van der Waals surface area contributed by atoms with Crippen LogP contribution in [0.1, 0.15) is 16.7 Å². The topological polar surface area (TPSA) is 82.4 Å². The molecular weight excluding hydrogens is 496 g/mol. The van der Waals surface area contributed by atoms with Crippen LogP contribution in [0.25, 0.3) is 0 Å². The first kappa shape index (κ1) is 27.7. The zero-order valence-corrected chi connectivity index (χ0v) is 22.6. The molecule has 1 heterocycles. The predicted molar refractivity (Wildman–Crippen MR) is 147 cm³/mol. The first-order chi connectivity index (χ1) is 19.1. The van der Waals surface area contributed by atoms with Gasteiger partial charge < -0.3 is 33.3 Å². The average molecular weight is 531 g/mol. The molecule has 0 aliphatic carbocycles. The van der Waals surface area contributed by atoms with E-state index in [0.29, 0.717) is 60.6 Å². The lowest BCUT2D eigenvalue weighted by Crippen LogP contribution is -2.32. The van der Waals surface area contributed by atoms with Gasteiger partial charge in [0.2, 0.25) is 5.75 Å². The average Bonchev–Trinajstić information content (AvgIpc) is 2.99. The number of allylic oxidation sites excluding steroid dienone is 1. The van der Waals surface area contributed by atoms with Crippen molar-refractivity contribution in [1.29, 1.82) is 5.26 Å². The Labute approximate surface area is 229 Å². The largest absolute Gasteiger partial charge is 0.493 e. The number of hydrogen-bond donors (Lipinski definition) is 0. The summed E-state index contributed by atoms with van der Waals surface area (Å²) < 4.78 is 34.3. The molecule has 0 aromatic heterocycles. The van der Waals surface area contributed by atoms with Gasteiger partial charge in [0.1, 0.15) is 13.2 Å². The van der Waals surface area contributed by atoms with Crippen LogP contribution >= 0.6 is 0 Å². The molecule has 0 bridgehead atoms. The van der Waals surface area contributed by atoms with E-state index in [1.165, 1.54) is 0 Å². The molecule has 3 aromatic rings. The Kier molecular flexibility index (Phi) is 9.92. The minimum absolute atomic E-state index is 0.247. The number of hydrogen-bond acceptors (Lipinski definition) is 8. The van der Waals surface area contributed by atoms with Crippen LogP contribution in [-0.4, -0.2) is 52.5 Å².